The van der Waals surface area contributed by atoms with E-state index in [4.69, 9.17) is 25.8 Å². The highest BCUT2D eigenvalue weighted by atomic mass is 35.5. The van der Waals surface area contributed by atoms with E-state index >= 15 is 0 Å². The van der Waals surface area contributed by atoms with Gasteiger partial charge in [0, 0.05) is 37.8 Å². The van der Waals surface area contributed by atoms with Crippen molar-refractivity contribution in [1.82, 2.24) is 24.1 Å². The highest BCUT2D eigenvalue weighted by Gasteiger charge is 2.35. The number of pyridine rings is 3. The first-order valence-corrected chi connectivity index (χ1v) is 11.4. The molecule has 11 nitrogen and oxygen atoms in total. The van der Waals surface area contributed by atoms with Gasteiger partial charge in [-0.05, 0) is 29.8 Å². The smallest absolute Gasteiger partial charge is 0.431 e. The Labute approximate surface area is 226 Å². The van der Waals surface area contributed by atoms with Crippen LogP contribution in [-0.4, -0.2) is 36.7 Å². The Bertz CT molecular complexity index is 1680. The molecule has 4 heterocycles. The monoisotopic (exact) mass is 581 g/mol. The Morgan fingerprint density at radius 2 is 1.80 bits per heavy atom. The van der Waals surface area contributed by atoms with Crippen molar-refractivity contribution < 1.29 is 36.6 Å². The Hall–Kier alpha value is -4.79. The quantitative estimate of drug-likeness (QED) is 0.227. The Kier molecular flexibility index (Phi) is 8.13. The Balaban J connectivity index is 1.59. The second kappa shape index (κ2) is 11.5. The molecule has 0 aliphatic heterocycles. The highest BCUT2D eigenvalue weighted by molar-refractivity contribution is 6.31. The first-order chi connectivity index (χ1) is 19.0. The molecule has 0 N–H and O–H groups in total. The van der Waals surface area contributed by atoms with Crippen LogP contribution in [0.5, 0.6) is 17.5 Å². The van der Waals surface area contributed by atoms with Crippen molar-refractivity contribution in [3.63, 3.8) is 0 Å². The fourth-order valence-electron chi connectivity index (χ4n) is 3.24. The molecule has 0 aliphatic carbocycles. The number of carbonyl (C=O) groups is 1. The van der Waals surface area contributed by atoms with Crippen LogP contribution in [0.15, 0.2) is 64.6 Å². The van der Waals surface area contributed by atoms with Gasteiger partial charge in [0.1, 0.15) is 17.3 Å². The molecule has 0 saturated heterocycles. The maximum absolute atomic E-state index is 14.7. The summed E-state index contributed by atoms with van der Waals surface area (Å²) in [5.41, 5.74) is -3.86. The van der Waals surface area contributed by atoms with Gasteiger partial charge in [-0.3, -0.25) is 14.3 Å². The second-order valence-electron chi connectivity index (χ2n) is 7.84. The third kappa shape index (κ3) is 6.26. The zero-order chi connectivity index (χ0) is 29.0. The number of halogens is 5. The van der Waals surface area contributed by atoms with Gasteiger partial charge in [-0.25, -0.2) is 23.5 Å². The molecule has 0 fully saturated rings. The summed E-state index contributed by atoms with van der Waals surface area (Å²) in [6, 6.07) is 6.82. The maximum atomic E-state index is 14.7. The van der Waals surface area contributed by atoms with Gasteiger partial charge < -0.3 is 14.2 Å². The maximum Gasteiger partial charge on any atom is 0.431 e. The third-order valence-corrected chi connectivity index (χ3v) is 5.39. The predicted molar refractivity (Wildman–Crippen MR) is 129 cm³/mol. The van der Waals surface area contributed by atoms with Crippen molar-refractivity contribution in [2.45, 2.75) is 12.8 Å². The number of alkyl halides is 3. The van der Waals surface area contributed by atoms with Gasteiger partial charge in [-0.1, -0.05) is 11.6 Å². The van der Waals surface area contributed by atoms with Crippen LogP contribution in [0.3, 0.4) is 0 Å². The van der Waals surface area contributed by atoms with Crippen LogP contribution < -0.4 is 20.7 Å². The normalized spacial score (nSPS) is 11.2. The summed E-state index contributed by atoms with van der Waals surface area (Å²) >= 11 is 6.03. The van der Waals surface area contributed by atoms with E-state index in [2.05, 4.69) is 15.0 Å². The lowest BCUT2D eigenvalue weighted by Gasteiger charge is -2.15. The molecule has 0 unspecified atom stereocenters. The van der Waals surface area contributed by atoms with Crippen LogP contribution in [0.4, 0.5) is 17.6 Å². The van der Waals surface area contributed by atoms with Crippen LogP contribution >= 0.6 is 11.6 Å². The van der Waals surface area contributed by atoms with E-state index in [-0.39, 0.29) is 33.4 Å². The van der Waals surface area contributed by atoms with E-state index < -0.39 is 58.2 Å². The summed E-state index contributed by atoms with van der Waals surface area (Å²) in [6.45, 7) is -0.609. The molecule has 0 radical (unpaired) electrons. The molecule has 16 heteroatoms. The van der Waals surface area contributed by atoms with Crippen LogP contribution in [0.1, 0.15) is 11.3 Å². The number of hydrogen-bond acceptors (Lipinski definition) is 9. The Morgan fingerprint density at radius 3 is 2.50 bits per heavy atom. The molecular formula is C24H16ClF4N5O6. The molecule has 0 bridgehead atoms. The molecule has 0 saturated carbocycles. The van der Waals surface area contributed by atoms with Crippen LogP contribution in [-0.2, 0) is 29.4 Å². The van der Waals surface area contributed by atoms with Gasteiger partial charge in [0.15, 0.2) is 24.0 Å². The summed E-state index contributed by atoms with van der Waals surface area (Å²) in [4.78, 5) is 48.6. The molecule has 0 spiro atoms. The lowest BCUT2D eigenvalue weighted by Crippen LogP contribution is -2.41. The second-order valence-corrected chi connectivity index (χ2v) is 8.24. The predicted octanol–water partition coefficient (Wildman–Crippen LogP) is 3.45. The zero-order valence-corrected chi connectivity index (χ0v) is 20.9. The number of hydrogen-bond donors (Lipinski definition) is 0. The largest absolute Gasteiger partial charge is 0.463 e. The average molecular weight is 582 g/mol. The molecule has 4 rings (SSSR count). The van der Waals surface area contributed by atoms with Crippen molar-refractivity contribution in [3.05, 3.63) is 97.9 Å². The highest BCUT2D eigenvalue weighted by Crippen LogP contribution is 2.34. The summed E-state index contributed by atoms with van der Waals surface area (Å²) in [5.74, 6) is -3.95. The van der Waals surface area contributed by atoms with Gasteiger partial charge >= 0.3 is 17.8 Å². The average Bonchev–Trinajstić information content (AvgIpc) is 2.91. The molecule has 4 aromatic heterocycles. The molecule has 0 aliphatic rings. The third-order valence-electron chi connectivity index (χ3n) is 5.12. The molecule has 0 aromatic carbocycles. The van der Waals surface area contributed by atoms with E-state index in [1.54, 1.807) is 12.1 Å². The fraction of sp³-hybridized carbons (Fsp3) is 0.167. The summed E-state index contributed by atoms with van der Waals surface area (Å²) in [6.07, 6.45) is -0.651. The van der Waals surface area contributed by atoms with Crippen LogP contribution in [0.25, 0.3) is 5.82 Å². The number of nitrogens with zero attached hydrogens (tertiary/aromatic N) is 5. The number of carbonyl (C=O) groups excluding carboxylic acids is 1. The van der Waals surface area contributed by atoms with E-state index in [0.29, 0.717) is 11.6 Å². The number of aromatic nitrogens is 5. The summed E-state index contributed by atoms with van der Waals surface area (Å²) in [5, 5.41) is -0.426. The molecule has 40 heavy (non-hydrogen) atoms. The van der Waals surface area contributed by atoms with Gasteiger partial charge in [0.25, 0.3) is 11.4 Å². The SMILES string of the molecule is Cn1c(C(F)(F)F)cc(=O)n(-c2nc(Oc3cccnc3OCC(=O)OCc3ccncc3)c(Cl)cc2F)c1=O. The van der Waals surface area contributed by atoms with Crippen LogP contribution in [0.2, 0.25) is 5.02 Å². The minimum absolute atomic E-state index is 0.0308. The van der Waals surface area contributed by atoms with Crippen molar-refractivity contribution in [3.8, 4) is 23.3 Å². The van der Waals surface area contributed by atoms with Crippen LogP contribution in [0, 0.1) is 5.82 Å². The van der Waals surface area contributed by atoms with Gasteiger partial charge in [0.2, 0.25) is 5.88 Å². The molecule has 4 aromatic rings. The van der Waals surface area contributed by atoms with Crippen molar-refractivity contribution in [2.75, 3.05) is 6.61 Å². The minimum Gasteiger partial charge on any atom is -0.463 e. The van der Waals surface area contributed by atoms with E-state index in [9.17, 15) is 31.9 Å². The molecule has 208 valence electrons. The van der Waals surface area contributed by atoms with E-state index in [0.717, 1.165) is 7.05 Å². The van der Waals surface area contributed by atoms with Crippen molar-refractivity contribution in [2.24, 2.45) is 7.05 Å². The van der Waals surface area contributed by atoms with Gasteiger partial charge in [0.05, 0.1) is 0 Å². The first-order valence-electron chi connectivity index (χ1n) is 11.0. The van der Waals surface area contributed by atoms with Gasteiger partial charge in [-0.15, -0.1) is 0 Å². The van der Waals surface area contributed by atoms with Crippen molar-refractivity contribution >= 4 is 17.6 Å². The lowest BCUT2D eigenvalue weighted by atomic mass is 10.3. The number of esters is 1. The number of ether oxygens (including phenoxy) is 3. The van der Waals surface area contributed by atoms with Crippen molar-refractivity contribution in [1.29, 1.82) is 0 Å². The lowest BCUT2D eigenvalue weighted by molar-refractivity contribution is -0.147. The molecule has 0 amide bonds. The standard InChI is InChI=1S/C24H16ClF4N5O6/c1-33-17(24(27,28)29)10-18(35)34(23(33)37)20-15(26)9-14(25)21(32-20)40-16-3-2-6-31-22(16)39-12-19(36)38-11-13-4-7-30-8-5-13/h2-10H,11-12H2,1H3. The summed E-state index contributed by atoms with van der Waals surface area (Å²) in [7, 11) is 0.758. The molecule has 0 atom stereocenters. The van der Waals surface area contributed by atoms with E-state index in [1.165, 1.54) is 30.7 Å². The number of rotatable bonds is 8. The topological polar surface area (TPSA) is 127 Å². The Morgan fingerprint density at radius 1 is 1.07 bits per heavy atom. The molecular weight excluding hydrogens is 566 g/mol. The minimum atomic E-state index is -5.02. The fourth-order valence-corrected chi connectivity index (χ4v) is 3.42. The summed E-state index contributed by atoms with van der Waals surface area (Å²) < 4.78 is 70.5. The first kappa shape index (κ1) is 28.2. The zero-order valence-electron chi connectivity index (χ0n) is 20.2. The van der Waals surface area contributed by atoms with Gasteiger partial charge in [-0.2, -0.15) is 18.2 Å². The van der Waals surface area contributed by atoms with E-state index in [1.807, 2.05) is 0 Å².